The van der Waals surface area contributed by atoms with E-state index in [-0.39, 0.29) is 13.0 Å². The van der Waals surface area contributed by atoms with Crippen LogP contribution in [-0.4, -0.2) is 17.7 Å². The quantitative estimate of drug-likeness (QED) is 0.725. The highest BCUT2D eigenvalue weighted by atomic mass is 32.1. The van der Waals surface area contributed by atoms with E-state index < -0.39 is 5.97 Å². The van der Waals surface area contributed by atoms with Crippen molar-refractivity contribution in [3.8, 4) is 5.75 Å². The van der Waals surface area contributed by atoms with E-state index in [9.17, 15) is 4.79 Å². The maximum atomic E-state index is 10.2. The smallest absolute Gasteiger partial charge is 0.306 e. The van der Waals surface area contributed by atoms with Crippen LogP contribution in [0.2, 0.25) is 0 Å². The molecule has 0 radical (unpaired) electrons. The van der Waals surface area contributed by atoms with Crippen LogP contribution in [0.4, 0.5) is 0 Å². The molecule has 4 heteroatoms. The van der Waals surface area contributed by atoms with Crippen molar-refractivity contribution in [1.82, 2.24) is 0 Å². The van der Waals surface area contributed by atoms with Crippen LogP contribution in [0.5, 0.6) is 5.75 Å². The minimum atomic E-state index is -0.859. The summed E-state index contributed by atoms with van der Waals surface area (Å²) in [5.41, 5.74) is 0. The highest BCUT2D eigenvalue weighted by Crippen LogP contribution is 2.15. The monoisotopic (exact) mass is 198 g/mol. The Morgan fingerprint density at radius 2 is 2.31 bits per heavy atom. The lowest BCUT2D eigenvalue weighted by Crippen LogP contribution is -2.04. The van der Waals surface area contributed by atoms with Crippen LogP contribution in [0, 0.1) is 0 Å². The predicted molar refractivity (Wildman–Crippen MR) is 51.4 cm³/mol. The Balaban J connectivity index is 2.41. The van der Waals surface area contributed by atoms with E-state index in [1.54, 1.807) is 18.2 Å². The Kier molecular flexibility index (Phi) is 3.64. The zero-order chi connectivity index (χ0) is 9.68. The molecule has 1 N–H and O–H groups in total. The van der Waals surface area contributed by atoms with Crippen LogP contribution in [-0.2, 0) is 4.79 Å². The Morgan fingerprint density at radius 1 is 1.54 bits per heavy atom. The first-order chi connectivity index (χ1) is 6.18. The molecule has 0 unspecified atom stereocenters. The third-order valence-electron chi connectivity index (χ3n) is 1.40. The van der Waals surface area contributed by atoms with E-state index in [0.29, 0.717) is 5.75 Å². The van der Waals surface area contributed by atoms with Crippen molar-refractivity contribution < 1.29 is 14.6 Å². The van der Waals surface area contributed by atoms with E-state index in [0.717, 1.165) is 4.90 Å². The van der Waals surface area contributed by atoms with Gasteiger partial charge < -0.3 is 9.84 Å². The SMILES string of the molecule is O=C(O)CCOc1cccc(S)c1. The molecule has 1 rings (SSSR count). The molecular weight excluding hydrogens is 188 g/mol. The van der Waals surface area contributed by atoms with Crippen LogP contribution in [0.15, 0.2) is 29.2 Å². The highest BCUT2D eigenvalue weighted by Gasteiger charge is 1.98. The summed E-state index contributed by atoms with van der Waals surface area (Å²) in [5.74, 6) is -0.212. The zero-order valence-corrected chi connectivity index (χ0v) is 7.83. The van der Waals surface area contributed by atoms with Crippen LogP contribution < -0.4 is 4.74 Å². The Bertz CT molecular complexity index is 299. The van der Waals surface area contributed by atoms with Gasteiger partial charge in [0.1, 0.15) is 5.75 Å². The molecule has 0 aromatic heterocycles. The van der Waals surface area contributed by atoms with Crippen molar-refractivity contribution in [1.29, 1.82) is 0 Å². The second-order valence-corrected chi connectivity index (χ2v) is 3.01. The number of carboxylic acid groups (broad SMARTS) is 1. The Morgan fingerprint density at radius 3 is 2.92 bits per heavy atom. The fraction of sp³-hybridized carbons (Fsp3) is 0.222. The Labute approximate surface area is 81.8 Å². The summed E-state index contributed by atoms with van der Waals surface area (Å²) in [6.07, 6.45) is 0.0107. The molecule has 0 aliphatic heterocycles. The van der Waals surface area contributed by atoms with Crippen molar-refractivity contribution in [2.45, 2.75) is 11.3 Å². The number of carboxylic acids is 1. The number of hydrogen-bond donors (Lipinski definition) is 2. The molecule has 0 fully saturated rings. The van der Waals surface area contributed by atoms with Gasteiger partial charge in [-0.15, -0.1) is 12.6 Å². The van der Waals surface area contributed by atoms with Gasteiger partial charge in [-0.1, -0.05) is 6.07 Å². The van der Waals surface area contributed by atoms with Gasteiger partial charge in [-0.25, -0.2) is 0 Å². The summed E-state index contributed by atoms with van der Waals surface area (Å²) >= 11 is 4.12. The van der Waals surface area contributed by atoms with Gasteiger partial charge in [-0.2, -0.15) is 0 Å². The molecule has 0 bridgehead atoms. The molecular formula is C9H10O3S. The van der Waals surface area contributed by atoms with Crippen molar-refractivity contribution in [2.75, 3.05) is 6.61 Å². The number of ether oxygens (including phenoxy) is 1. The number of carbonyl (C=O) groups is 1. The fourth-order valence-electron chi connectivity index (χ4n) is 0.829. The lowest BCUT2D eigenvalue weighted by Gasteiger charge is -2.03. The van der Waals surface area contributed by atoms with Gasteiger partial charge in [0, 0.05) is 4.90 Å². The minimum Gasteiger partial charge on any atom is -0.493 e. The number of thiol groups is 1. The van der Waals surface area contributed by atoms with Gasteiger partial charge in [-0.3, -0.25) is 4.79 Å². The first kappa shape index (κ1) is 9.92. The third kappa shape index (κ3) is 3.85. The van der Waals surface area contributed by atoms with Crippen molar-refractivity contribution in [3.05, 3.63) is 24.3 Å². The first-order valence-corrected chi connectivity index (χ1v) is 4.27. The van der Waals surface area contributed by atoms with E-state index in [1.807, 2.05) is 6.07 Å². The van der Waals surface area contributed by atoms with Crippen LogP contribution in [0.1, 0.15) is 6.42 Å². The molecule has 13 heavy (non-hydrogen) atoms. The summed E-state index contributed by atoms with van der Waals surface area (Å²) in [7, 11) is 0. The van der Waals surface area contributed by atoms with Crippen molar-refractivity contribution in [2.24, 2.45) is 0 Å². The number of rotatable bonds is 4. The summed E-state index contributed by atoms with van der Waals surface area (Å²) in [6, 6.07) is 7.14. The molecule has 0 aliphatic rings. The third-order valence-corrected chi connectivity index (χ3v) is 1.68. The number of benzene rings is 1. The van der Waals surface area contributed by atoms with Crippen molar-refractivity contribution >= 4 is 18.6 Å². The lowest BCUT2D eigenvalue weighted by atomic mass is 10.3. The van der Waals surface area contributed by atoms with E-state index >= 15 is 0 Å². The summed E-state index contributed by atoms with van der Waals surface area (Å²) in [5, 5.41) is 8.35. The van der Waals surface area contributed by atoms with Gasteiger partial charge in [0.2, 0.25) is 0 Å². The van der Waals surface area contributed by atoms with Gasteiger partial charge in [0.25, 0.3) is 0 Å². The van der Waals surface area contributed by atoms with Crippen LogP contribution in [0.25, 0.3) is 0 Å². The molecule has 0 amide bonds. The van der Waals surface area contributed by atoms with Gasteiger partial charge in [0.15, 0.2) is 0 Å². The topological polar surface area (TPSA) is 46.5 Å². The maximum Gasteiger partial charge on any atom is 0.306 e. The number of hydrogen-bond acceptors (Lipinski definition) is 3. The zero-order valence-electron chi connectivity index (χ0n) is 6.93. The predicted octanol–water partition coefficient (Wildman–Crippen LogP) is 1.83. The molecule has 0 saturated carbocycles. The van der Waals surface area contributed by atoms with Gasteiger partial charge in [-0.05, 0) is 18.2 Å². The average molecular weight is 198 g/mol. The Hall–Kier alpha value is -1.16. The largest absolute Gasteiger partial charge is 0.493 e. The molecule has 1 aromatic carbocycles. The van der Waals surface area contributed by atoms with Gasteiger partial charge in [0.05, 0.1) is 13.0 Å². The maximum absolute atomic E-state index is 10.2. The lowest BCUT2D eigenvalue weighted by molar-refractivity contribution is -0.137. The summed E-state index contributed by atoms with van der Waals surface area (Å²) in [4.78, 5) is 11.0. The molecule has 1 aromatic rings. The standard InChI is InChI=1S/C9H10O3S/c10-9(11)4-5-12-7-2-1-3-8(13)6-7/h1-3,6,13H,4-5H2,(H,10,11). The van der Waals surface area contributed by atoms with Crippen LogP contribution in [0.3, 0.4) is 0 Å². The molecule has 0 aliphatic carbocycles. The highest BCUT2D eigenvalue weighted by molar-refractivity contribution is 7.80. The van der Waals surface area contributed by atoms with E-state index in [2.05, 4.69) is 12.6 Å². The molecule has 0 atom stereocenters. The average Bonchev–Trinajstić information content (AvgIpc) is 2.03. The summed E-state index contributed by atoms with van der Waals surface area (Å²) < 4.78 is 5.17. The number of aliphatic carboxylic acids is 1. The van der Waals surface area contributed by atoms with Crippen LogP contribution >= 0.6 is 12.6 Å². The second kappa shape index (κ2) is 4.77. The fourth-order valence-corrected chi connectivity index (χ4v) is 1.04. The van der Waals surface area contributed by atoms with Gasteiger partial charge >= 0.3 is 5.97 Å². The first-order valence-electron chi connectivity index (χ1n) is 3.82. The normalized spacial score (nSPS) is 9.62. The second-order valence-electron chi connectivity index (χ2n) is 2.49. The molecule has 3 nitrogen and oxygen atoms in total. The molecule has 0 saturated heterocycles. The minimum absolute atomic E-state index is 0.0107. The van der Waals surface area contributed by atoms with E-state index in [4.69, 9.17) is 9.84 Å². The summed E-state index contributed by atoms with van der Waals surface area (Å²) in [6.45, 7) is 0.187. The van der Waals surface area contributed by atoms with Crippen molar-refractivity contribution in [3.63, 3.8) is 0 Å². The molecule has 0 spiro atoms. The van der Waals surface area contributed by atoms with E-state index in [1.165, 1.54) is 0 Å². The molecule has 0 heterocycles. The molecule has 70 valence electrons.